The SMILES string of the molecule is Cn1c(=O)[nH]c(N2CCC[C@@H](N)C2)c(Cc2ccccc2C#N)c1=O. The molecule has 2 aromatic rings. The zero-order valence-electron chi connectivity index (χ0n) is 14.2. The summed E-state index contributed by atoms with van der Waals surface area (Å²) in [5, 5.41) is 9.30. The molecule has 1 aliphatic heterocycles. The Balaban J connectivity index is 2.11. The number of nitrogens with zero attached hydrogens (tertiary/aromatic N) is 3. The van der Waals surface area contributed by atoms with Gasteiger partial charge < -0.3 is 10.6 Å². The van der Waals surface area contributed by atoms with Gasteiger partial charge in [-0.1, -0.05) is 18.2 Å². The van der Waals surface area contributed by atoms with E-state index in [1.54, 1.807) is 12.1 Å². The van der Waals surface area contributed by atoms with Gasteiger partial charge >= 0.3 is 5.69 Å². The molecule has 25 heavy (non-hydrogen) atoms. The Labute approximate surface area is 145 Å². The standard InChI is InChI=1S/C18H21N5O2/c1-22-17(24)15(9-12-5-2-3-6-13(12)10-19)16(21-18(22)25)23-8-4-7-14(20)11-23/h2-3,5-6,14H,4,7-9,11,20H2,1H3,(H,21,25)/t14-/m1/s1. The molecular weight excluding hydrogens is 318 g/mol. The Hall–Kier alpha value is -2.85. The van der Waals surface area contributed by atoms with Gasteiger partial charge in [-0.05, 0) is 24.5 Å². The summed E-state index contributed by atoms with van der Waals surface area (Å²) < 4.78 is 1.07. The Morgan fingerprint density at radius 3 is 2.84 bits per heavy atom. The Morgan fingerprint density at radius 2 is 2.12 bits per heavy atom. The molecule has 0 saturated carbocycles. The van der Waals surface area contributed by atoms with E-state index in [4.69, 9.17) is 5.73 Å². The lowest BCUT2D eigenvalue weighted by atomic mass is 10.00. The van der Waals surface area contributed by atoms with Gasteiger partial charge in [0.15, 0.2) is 0 Å². The third kappa shape index (κ3) is 3.35. The first-order valence-corrected chi connectivity index (χ1v) is 8.32. The average molecular weight is 339 g/mol. The first-order chi connectivity index (χ1) is 12.0. The van der Waals surface area contributed by atoms with Crippen LogP contribution >= 0.6 is 0 Å². The number of anilines is 1. The number of H-pyrrole nitrogens is 1. The monoisotopic (exact) mass is 339 g/mol. The number of hydrogen-bond donors (Lipinski definition) is 2. The second kappa shape index (κ2) is 6.95. The zero-order chi connectivity index (χ0) is 18.0. The van der Waals surface area contributed by atoms with Crippen LogP contribution in [0.25, 0.3) is 0 Å². The third-order valence-electron chi connectivity index (χ3n) is 4.66. The number of rotatable bonds is 3. The highest BCUT2D eigenvalue weighted by molar-refractivity contribution is 5.50. The van der Waals surface area contributed by atoms with E-state index in [9.17, 15) is 14.9 Å². The van der Waals surface area contributed by atoms with Crippen molar-refractivity contribution in [3.8, 4) is 6.07 Å². The number of nitriles is 1. The maximum absolute atomic E-state index is 12.7. The molecule has 1 aliphatic rings. The van der Waals surface area contributed by atoms with E-state index in [1.165, 1.54) is 7.05 Å². The van der Waals surface area contributed by atoms with Gasteiger partial charge in [0.2, 0.25) is 0 Å². The lowest BCUT2D eigenvalue weighted by molar-refractivity contribution is 0.500. The van der Waals surface area contributed by atoms with Gasteiger partial charge in [0.25, 0.3) is 5.56 Å². The molecule has 7 heteroatoms. The van der Waals surface area contributed by atoms with E-state index >= 15 is 0 Å². The first-order valence-electron chi connectivity index (χ1n) is 8.32. The molecule has 7 nitrogen and oxygen atoms in total. The normalized spacial score (nSPS) is 17.3. The van der Waals surface area contributed by atoms with Gasteiger partial charge in [-0.15, -0.1) is 0 Å². The topological polar surface area (TPSA) is 108 Å². The van der Waals surface area contributed by atoms with E-state index in [0.29, 0.717) is 23.5 Å². The smallest absolute Gasteiger partial charge is 0.329 e. The molecule has 1 aromatic heterocycles. The summed E-state index contributed by atoms with van der Waals surface area (Å²) in [5.74, 6) is 0.524. The predicted molar refractivity (Wildman–Crippen MR) is 95.7 cm³/mol. The molecule has 130 valence electrons. The van der Waals surface area contributed by atoms with Crippen LogP contribution < -0.4 is 21.9 Å². The van der Waals surface area contributed by atoms with Crippen LogP contribution in [0.4, 0.5) is 5.82 Å². The minimum absolute atomic E-state index is 0.0144. The number of aromatic nitrogens is 2. The Kier molecular flexibility index (Phi) is 4.72. The maximum atomic E-state index is 12.7. The average Bonchev–Trinajstić information content (AvgIpc) is 2.62. The maximum Gasteiger partial charge on any atom is 0.329 e. The molecule has 3 rings (SSSR count). The number of nitrogens with two attached hydrogens (primary N) is 1. The Morgan fingerprint density at radius 1 is 1.36 bits per heavy atom. The highest BCUT2D eigenvalue weighted by atomic mass is 16.2. The second-order valence-electron chi connectivity index (χ2n) is 6.42. The molecule has 1 atom stereocenters. The predicted octanol–water partition coefficient (Wildman–Crippen LogP) is 0.464. The second-order valence-corrected chi connectivity index (χ2v) is 6.42. The summed E-state index contributed by atoms with van der Waals surface area (Å²) in [5.41, 5.74) is 7.04. The van der Waals surface area contributed by atoms with Crippen molar-refractivity contribution in [3.63, 3.8) is 0 Å². The van der Waals surface area contributed by atoms with Crippen LogP contribution in [0.1, 0.15) is 29.5 Å². The summed E-state index contributed by atoms with van der Waals surface area (Å²) in [7, 11) is 1.45. The molecule has 0 radical (unpaired) electrons. The number of aromatic amines is 1. The van der Waals surface area contributed by atoms with E-state index in [2.05, 4.69) is 11.1 Å². The minimum Gasteiger partial charge on any atom is -0.356 e. The third-order valence-corrected chi connectivity index (χ3v) is 4.66. The lowest BCUT2D eigenvalue weighted by Crippen LogP contribution is -2.46. The molecule has 0 bridgehead atoms. The molecular formula is C18H21N5O2. The molecule has 0 amide bonds. The van der Waals surface area contributed by atoms with Crippen LogP contribution in [-0.2, 0) is 13.5 Å². The highest BCUT2D eigenvalue weighted by Crippen LogP contribution is 2.22. The number of nitrogens with one attached hydrogen (secondary N) is 1. The number of piperidine rings is 1. The molecule has 0 aliphatic carbocycles. The van der Waals surface area contributed by atoms with Gasteiger partial charge in [0.05, 0.1) is 17.2 Å². The van der Waals surface area contributed by atoms with Crippen LogP contribution in [0.15, 0.2) is 33.9 Å². The number of benzene rings is 1. The summed E-state index contributed by atoms with van der Waals surface area (Å²) in [6.45, 7) is 1.33. The fraction of sp³-hybridized carbons (Fsp3) is 0.389. The fourth-order valence-corrected chi connectivity index (χ4v) is 3.27. The summed E-state index contributed by atoms with van der Waals surface area (Å²) in [6, 6.07) is 9.35. The minimum atomic E-state index is -0.448. The van der Waals surface area contributed by atoms with Crippen molar-refractivity contribution in [2.24, 2.45) is 12.8 Å². The zero-order valence-corrected chi connectivity index (χ0v) is 14.2. The van der Waals surface area contributed by atoms with Crippen molar-refractivity contribution in [1.82, 2.24) is 9.55 Å². The van der Waals surface area contributed by atoms with Gasteiger partial charge in [-0.25, -0.2) is 4.79 Å². The van der Waals surface area contributed by atoms with Crippen molar-refractivity contribution in [1.29, 1.82) is 5.26 Å². The van der Waals surface area contributed by atoms with Crippen molar-refractivity contribution in [2.75, 3.05) is 18.0 Å². The van der Waals surface area contributed by atoms with E-state index in [-0.39, 0.29) is 18.0 Å². The van der Waals surface area contributed by atoms with Crippen molar-refractivity contribution >= 4 is 5.82 Å². The lowest BCUT2D eigenvalue weighted by Gasteiger charge is -2.33. The van der Waals surface area contributed by atoms with Crippen molar-refractivity contribution in [2.45, 2.75) is 25.3 Å². The van der Waals surface area contributed by atoms with Crippen molar-refractivity contribution in [3.05, 3.63) is 61.8 Å². The molecule has 1 aromatic carbocycles. The molecule has 0 unspecified atom stereocenters. The summed E-state index contributed by atoms with van der Waals surface area (Å²) in [4.78, 5) is 29.7. The van der Waals surface area contributed by atoms with Crippen LogP contribution in [0.3, 0.4) is 0 Å². The molecule has 1 saturated heterocycles. The molecule has 0 spiro atoms. The van der Waals surface area contributed by atoms with Crippen molar-refractivity contribution < 1.29 is 0 Å². The van der Waals surface area contributed by atoms with E-state index < -0.39 is 5.69 Å². The van der Waals surface area contributed by atoms with Gasteiger partial charge in [-0.3, -0.25) is 14.3 Å². The highest BCUT2D eigenvalue weighted by Gasteiger charge is 2.23. The van der Waals surface area contributed by atoms with Crippen LogP contribution in [0.5, 0.6) is 0 Å². The fourth-order valence-electron chi connectivity index (χ4n) is 3.27. The summed E-state index contributed by atoms with van der Waals surface area (Å²) in [6.07, 6.45) is 2.12. The quantitative estimate of drug-likeness (QED) is 0.845. The van der Waals surface area contributed by atoms with Crippen LogP contribution in [0.2, 0.25) is 0 Å². The first kappa shape index (κ1) is 17.0. The molecule has 1 fully saturated rings. The van der Waals surface area contributed by atoms with Gasteiger partial charge in [-0.2, -0.15) is 5.26 Å². The Bertz CT molecular complexity index is 938. The largest absolute Gasteiger partial charge is 0.356 e. The molecule has 3 N–H and O–H groups in total. The number of hydrogen-bond acceptors (Lipinski definition) is 5. The van der Waals surface area contributed by atoms with Gasteiger partial charge in [0.1, 0.15) is 5.82 Å². The van der Waals surface area contributed by atoms with Crippen LogP contribution in [-0.4, -0.2) is 28.7 Å². The summed E-state index contributed by atoms with van der Waals surface area (Å²) >= 11 is 0. The van der Waals surface area contributed by atoms with E-state index in [1.807, 2.05) is 17.0 Å². The van der Waals surface area contributed by atoms with E-state index in [0.717, 1.165) is 29.5 Å². The van der Waals surface area contributed by atoms with Crippen LogP contribution in [0, 0.1) is 11.3 Å². The van der Waals surface area contributed by atoms with Gasteiger partial charge in [0, 0.05) is 32.6 Å². The molecule has 2 heterocycles.